The lowest BCUT2D eigenvalue weighted by Gasteiger charge is -2.16. The number of aromatic nitrogens is 2. The molecule has 6 nitrogen and oxygen atoms in total. The van der Waals surface area contributed by atoms with Gasteiger partial charge >= 0.3 is 0 Å². The molecule has 0 bridgehead atoms. The molecule has 0 saturated carbocycles. The van der Waals surface area contributed by atoms with Crippen molar-refractivity contribution in [3.8, 4) is 0 Å². The normalized spacial score (nSPS) is 14.0. The molecule has 8 heteroatoms. The highest BCUT2D eigenvalue weighted by Gasteiger charge is 2.14. The Bertz CT molecular complexity index is 671. The van der Waals surface area contributed by atoms with Crippen LogP contribution in [0, 0.1) is 0 Å². The molecule has 2 aromatic heterocycles. The number of halogens is 1. The first kappa shape index (κ1) is 16.2. The van der Waals surface area contributed by atoms with E-state index in [9.17, 15) is 4.79 Å². The van der Waals surface area contributed by atoms with Gasteiger partial charge in [-0.1, -0.05) is 0 Å². The minimum Gasteiger partial charge on any atom is -0.368 e. The molecule has 1 fully saturated rings. The van der Waals surface area contributed by atoms with Gasteiger partial charge in [0.2, 0.25) is 0 Å². The van der Waals surface area contributed by atoms with Gasteiger partial charge in [0.25, 0.3) is 5.91 Å². The van der Waals surface area contributed by atoms with Crippen LogP contribution in [0.1, 0.15) is 22.5 Å². The van der Waals surface area contributed by atoms with E-state index in [1.165, 1.54) is 24.2 Å². The second kappa shape index (κ2) is 7.74. The van der Waals surface area contributed by atoms with Crippen molar-refractivity contribution >= 4 is 44.8 Å². The summed E-state index contributed by atoms with van der Waals surface area (Å²) in [6.07, 6.45) is 4.02. The highest BCUT2D eigenvalue weighted by atomic mass is 79.9. The molecule has 0 aliphatic carbocycles. The van der Waals surface area contributed by atoms with Crippen LogP contribution in [-0.4, -0.2) is 42.1 Å². The molecule has 0 aromatic carbocycles. The smallest absolute Gasteiger partial charge is 0.261 e. The summed E-state index contributed by atoms with van der Waals surface area (Å²) in [6, 6.07) is 3.78. The molecular formula is C15H18BrN5OS. The summed E-state index contributed by atoms with van der Waals surface area (Å²) in [7, 11) is 0. The first-order valence-electron chi connectivity index (χ1n) is 7.55. The van der Waals surface area contributed by atoms with Crippen LogP contribution in [0.15, 0.2) is 28.3 Å². The Morgan fingerprint density at radius 1 is 1.26 bits per heavy atom. The van der Waals surface area contributed by atoms with E-state index in [0.29, 0.717) is 18.0 Å². The number of anilines is 2. The van der Waals surface area contributed by atoms with Crippen molar-refractivity contribution in [2.24, 2.45) is 0 Å². The lowest BCUT2D eigenvalue weighted by molar-refractivity contribution is 0.0959. The van der Waals surface area contributed by atoms with Gasteiger partial charge in [-0.3, -0.25) is 4.79 Å². The number of hydrogen-bond acceptors (Lipinski definition) is 6. The third-order valence-electron chi connectivity index (χ3n) is 3.59. The molecule has 0 atom stereocenters. The number of carbonyl (C=O) groups excluding carboxylic acids is 1. The summed E-state index contributed by atoms with van der Waals surface area (Å²) in [5.41, 5.74) is 0. The van der Waals surface area contributed by atoms with Crippen molar-refractivity contribution in [1.29, 1.82) is 0 Å². The van der Waals surface area contributed by atoms with E-state index in [0.717, 1.165) is 29.2 Å². The monoisotopic (exact) mass is 395 g/mol. The average molecular weight is 396 g/mol. The van der Waals surface area contributed by atoms with E-state index in [-0.39, 0.29) is 5.91 Å². The van der Waals surface area contributed by atoms with Gasteiger partial charge in [0.15, 0.2) is 0 Å². The third kappa shape index (κ3) is 4.42. The number of rotatable bonds is 6. The number of carbonyl (C=O) groups is 1. The number of nitrogens with one attached hydrogen (secondary N) is 2. The van der Waals surface area contributed by atoms with Gasteiger partial charge in [0.05, 0.1) is 4.88 Å². The maximum Gasteiger partial charge on any atom is 0.261 e. The molecule has 0 unspecified atom stereocenters. The van der Waals surface area contributed by atoms with Crippen LogP contribution in [0.25, 0.3) is 0 Å². The Kier molecular flexibility index (Phi) is 5.45. The number of nitrogens with zero attached hydrogens (tertiary/aromatic N) is 3. The summed E-state index contributed by atoms with van der Waals surface area (Å²) < 4.78 is 0.932. The lowest BCUT2D eigenvalue weighted by Crippen LogP contribution is -2.28. The molecule has 2 aromatic rings. The van der Waals surface area contributed by atoms with Crippen molar-refractivity contribution in [1.82, 2.24) is 15.3 Å². The first-order valence-corrected chi connectivity index (χ1v) is 9.23. The molecule has 0 spiro atoms. The zero-order valence-corrected chi connectivity index (χ0v) is 15.0. The Morgan fingerprint density at radius 3 is 2.83 bits per heavy atom. The maximum atomic E-state index is 11.9. The van der Waals surface area contributed by atoms with E-state index >= 15 is 0 Å². The first-order chi connectivity index (χ1) is 11.2. The predicted molar refractivity (Wildman–Crippen MR) is 96.3 cm³/mol. The SMILES string of the molecule is O=C(NCCNc1cc(N2CCCC2)ncn1)c1cc(Br)cs1. The van der Waals surface area contributed by atoms with E-state index in [1.807, 2.05) is 17.5 Å². The second-order valence-electron chi connectivity index (χ2n) is 5.27. The number of amides is 1. The molecular weight excluding hydrogens is 378 g/mol. The van der Waals surface area contributed by atoms with Gasteiger partial charge in [-0.05, 0) is 34.8 Å². The summed E-state index contributed by atoms with van der Waals surface area (Å²) in [5, 5.41) is 8.01. The molecule has 1 aliphatic heterocycles. The highest BCUT2D eigenvalue weighted by molar-refractivity contribution is 9.10. The molecule has 3 heterocycles. The van der Waals surface area contributed by atoms with Crippen molar-refractivity contribution in [2.75, 3.05) is 36.4 Å². The highest BCUT2D eigenvalue weighted by Crippen LogP contribution is 2.20. The van der Waals surface area contributed by atoms with E-state index in [4.69, 9.17) is 0 Å². The Balaban J connectivity index is 1.45. The fourth-order valence-electron chi connectivity index (χ4n) is 2.45. The molecule has 1 aliphatic rings. The van der Waals surface area contributed by atoms with Crippen molar-refractivity contribution in [3.63, 3.8) is 0 Å². The van der Waals surface area contributed by atoms with E-state index in [1.54, 1.807) is 6.33 Å². The maximum absolute atomic E-state index is 11.9. The van der Waals surface area contributed by atoms with Gasteiger partial charge in [-0.2, -0.15) is 0 Å². The van der Waals surface area contributed by atoms with Gasteiger partial charge in [0, 0.05) is 42.1 Å². The quantitative estimate of drug-likeness (QED) is 0.735. The predicted octanol–water partition coefficient (Wildman–Crippen LogP) is 2.74. The summed E-state index contributed by atoms with van der Waals surface area (Å²) in [5.74, 6) is 1.70. The van der Waals surface area contributed by atoms with Crippen LogP contribution in [0.2, 0.25) is 0 Å². The van der Waals surface area contributed by atoms with Crippen molar-refractivity contribution < 1.29 is 4.79 Å². The van der Waals surface area contributed by atoms with Crippen LogP contribution >= 0.6 is 27.3 Å². The molecule has 3 rings (SSSR count). The zero-order chi connectivity index (χ0) is 16.1. The van der Waals surface area contributed by atoms with Crippen LogP contribution in [-0.2, 0) is 0 Å². The molecule has 122 valence electrons. The third-order valence-corrected chi connectivity index (χ3v) is 5.28. The summed E-state index contributed by atoms with van der Waals surface area (Å²) >= 11 is 4.77. The van der Waals surface area contributed by atoms with Crippen molar-refractivity contribution in [3.05, 3.63) is 33.2 Å². The Hall–Kier alpha value is -1.67. The van der Waals surface area contributed by atoms with Crippen LogP contribution in [0.4, 0.5) is 11.6 Å². The Labute approximate surface area is 147 Å². The average Bonchev–Trinajstić information content (AvgIpc) is 3.23. The van der Waals surface area contributed by atoms with E-state index < -0.39 is 0 Å². The topological polar surface area (TPSA) is 70.2 Å². The molecule has 23 heavy (non-hydrogen) atoms. The lowest BCUT2D eigenvalue weighted by atomic mass is 10.4. The van der Waals surface area contributed by atoms with Crippen LogP contribution < -0.4 is 15.5 Å². The van der Waals surface area contributed by atoms with Crippen molar-refractivity contribution in [2.45, 2.75) is 12.8 Å². The molecule has 2 N–H and O–H groups in total. The standard InChI is InChI=1S/C15H18BrN5OS/c16-11-7-12(23-9-11)15(22)18-4-3-17-13-8-14(20-10-19-13)21-5-1-2-6-21/h7-10H,1-6H2,(H,18,22)(H,17,19,20). The summed E-state index contributed by atoms with van der Waals surface area (Å²) in [4.78, 5) is 23.4. The fraction of sp³-hybridized carbons (Fsp3) is 0.400. The fourth-order valence-corrected chi connectivity index (χ4v) is 3.79. The minimum atomic E-state index is -0.0528. The van der Waals surface area contributed by atoms with Crippen LogP contribution in [0.3, 0.4) is 0 Å². The molecule has 0 radical (unpaired) electrons. The number of hydrogen-bond donors (Lipinski definition) is 2. The van der Waals surface area contributed by atoms with E-state index in [2.05, 4.69) is 41.4 Å². The number of thiophene rings is 1. The summed E-state index contributed by atoms with van der Waals surface area (Å²) in [6.45, 7) is 3.28. The Morgan fingerprint density at radius 2 is 2.09 bits per heavy atom. The van der Waals surface area contributed by atoms with Gasteiger partial charge in [-0.25, -0.2) is 9.97 Å². The van der Waals surface area contributed by atoms with Crippen LogP contribution in [0.5, 0.6) is 0 Å². The van der Waals surface area contributed by atoms with Gasteiger partial charge < -0.3 is 15.5 Å². The zero-order valence-electron chi connectivity index (χ0n) is 12.6. The van der Waals surface area contributed by atoms with Gasteiger partial charge in [-0.15, -0.1) is 11.3 Å². The second-order valence-corrected chi connectivity index (χ2v) is 7.09. The molecule has 1 saturated heterocycles. The minimum absolute atomic E-state index is 0.0528. The van der Waals surface area contributed by atoms with Gasteiger partial charge in [0.1, 0.15) is 18.0 Å². The largest absolute Gasteiger partial charge is 0.368 e. The molecule has 1 amide bonds.